The Morgan fingerprint density at radius 3 is 2.87 bits per heavy atom. The lowest BCUT2D eigenvalue weighted by atomic mass is 10.2. The van der Waals surface area contributed by atoms with Crippen LogP contribution in [-0.4, -0.2) is 6.61 Å². The van der Waals surface area contributed by atoms with Crippen LogP contribution in [0.4, 0.5) is 5.69 Å². The normalized spacial score (nSPS) is 9.93. The second-order valence-electron chi connectivity index (χ2n) is 3.56. The van der Waals surface area contributed by atoms with Crippen LogP contribution in [0.1, 0.15) is 31.7 Å². The molecule has 0 aliphatic rings. The molecule has 0 saturated carbocycles. The summed E-state index contributed by atoms with van der Waals surface area (Å²) < 4.78 is 5.66. The number of rotatable bonds is 6. The highest BCUT2D eigenvalue weighted by atomic mass is 16.5. The smallest absolute Gasteiger partial charge is 0.128 e. The molecule has 82 valence electrons. The molecular formula is C13H19NO. The molecule has 0 atom stereocenters. The number of nitrogen functional groups attached to an aromatic ring is 1. The molecule has 0 fully saturated rings. The number of hydrogen-bond donors (Lipinski definition) is 1. The molecule has 2 N–H and O–H groups in total. The number of anilines is 1. The Bertz CT molecular complexity index is 320. The average molecular weight is 205 g/mol. The van der Waals surface area contributed by atoms with Crippen molar-refractivity contribution in [3.8, 4) is 5.75 Å². The molecule has 0 aromatic heterocycles. The van der Waals surface area contributed by atoms with E-state index in [1.165, 1.54) is 12.8 Å². The Kier molecular flexibility index (Phi) is 4.75. The van der Waals surface area contributed by atoms with Crippen LogP contribution in [0, 0.1) is 0 Å². The van der Waals surface area contributed by atoms with Crippen molar-refractivity contribution >= 4 is 11.8 Å². The van der Waals surface area contributed by atoms with Crippen molar-refractivity contribution in [2.24, 2.45) is 0 Å². The standard InChI is InChI=1S/C13H19NO/c1-3-5-6-9-15-13-10-12(14)8-7-11(13)4-2/h4,7-8,10H,2-3,5-6,9,14H2,1H3. The Labute approximate surface area is 91.7 Å². The van der Waals surface area contributed by atoms with Gasteiger partial charge in [0.2, 0.25) is 0 Å². The zero-order valence-electron chi connectivity index (χ0n) is 9.33. The fraction of sp³-hybridized carbons (Fsp3) is 0.385. The minimum Gasteiger partial charge on any atom is -0.493 e. The summed E-state index contributed by atoms with van der Waals surface area (Å²) in [6.45, 7) is 6.67. The molecule has 0 amide bonds. The van der Waals surface area contributed by atoms with Crippen molar-refractivity contribution in [3.63, 3.8) is 0 Å². The second-order valence-corrected chi connectivity index (χ2v) is 3.56. The van der Waals surface area contributed by atoms with Crippen molar-refractivity contribution in [1.29, 1.82) is 0 Å². The van der Waals surface area contributed by atoms with Crippen LogP contribution in [0.25, 0.3) is 6.08 Å². The maximum absolute atomic E-state index is 5.70. The van der Waals surface area contributed by atoms with E-state index in [0.29, 0.717) is 0 Å². The lowest BCUT2D eigenvalue weighted by Crippen LogP contribution is -1.99. The molecular weight excluding hydrogens is 186 g/mol. The van der Waals surface area contributed by atoms with E-state index < -0.39 is 0 Å². The average Bonchev–Trinajstić information content (AvgIpc) is 2.25. The van der Waals surface area contributed by atoms with Gasteiger partial charge in [-0.15, -0.1) is 0 Å². The minimum absolute atomic E-state index is 0.728. The highest BCUT2D eigenvalue weighted by Crippen LogP contribution is 2.23. The molecule has 0 aliphatic carbocycles. The first-order chi connectivity index (χ1) is 7.27. The van der Waals surface area contributed by atoms with E-state index in [1.54, 1.807) is 6.08 Å². The van der Waals surface area contributed by atoms with Crippen molar-refractivity contribution in [3.05, 3.63) is 30.3 Å². The summed E-state index contributed by atoms with van der Waals surface area (Å²) in [6.07, 6.45) is 5.27. The van der Waals surface area contributed by atoms with Crippen LogP contribution in [0.3, 0.4) is 0 Å². The molecule has 1 aromatic rings. The van der Waals surface area contributed by atoms with E-state index in [-0.39, 0.29) is 0 Å². The summed E-state index contributed by atoms with van der Waals surface area (Å²) in [5, 5.41) is 0. The molecule has 0 heterocycles. The summed E-state index contributed by atoms with van der Waals surface area (Å²) in [6, 6.07) is 5.64. The van der Waals surface area contributed by atoms with Gasteiger partial charge >= 0.3 is 0 Å². The van der Waals surface area contributed by atoms with Gasteiger partial charge < -0.3 is 10.5 Å². The first kappa shape index (κ1) is 11.6. The van der Waals surface area contributed by atoms with Crippen molar-refractivity contribution < 1.29 is 4.74 Å². The quantitative estimate of drug-likeness (QED) is 0.570. The van der Waals surface area contributed by atoms with Gasteiger partial charge in [0.25, 0.3) is 0 Å². The number of nitrogens with two attached hydrogens (primary N) is 1. The van der Waals surface area contributed by atoms with Crippen LogP contribution in [0.2, 0.25) is 0 Å². The topological polar surface area (TPSA) is 35.2 Å². The number of unbranched alkanes of at least 4 members (excludes halogenated alkanes) is 2. The zero-order valence-corrected chi connectivity index (χ0v) is 9.33. The number of hydrogen-bond acceptors (Lipinski definition) is 2. The summed E-state index contributed by atoms with van der Waals surface area (Å²) in [5.41, 5.74) is 7.43. The molecule has 0 aliphatic heterocycles. The van der Waals surface area contributed by atoms with Crippen LogP contribution in [-0.2, 0) is 0 Å². The first-order valence-corrected chi connectivity index (χ1v) is 5.42. The SMILES string of the molecule is C=Cc1ccc(N)cc1OCCCCC. The van der Waals surface area contributed by atoms with Gasteiger partial charge in [-0.25, -0.2) is 0 Å². The van der Waals surface area contributed by atoms with Crippen LogP contribution < -0.4 is 10.5 Å². The summed E-state index contributed by atoms with van der Waals surface area (Å²) in [4.78, 5) is 0. The van der Waals surface area contributed by atoms with Gasteiger partial charge in [0.05, 0.1) is 6.61 Å². The van der Waals surface area contributed by atoms with Gasteiger partial charge in [0.1, 0.15) is 5.75 Å². The number of benzene rings is 1. The van der Waals surface area contributed by atoms with E-state index in [0.717, 1.165) is 30.0 Å². The Balaban J connectivity index is 2.58. The molecule has 0 bridgehead atoms. The Hall–Kier alpha value is -1.44. The summed E-state index contributed by atoms with van der Waals surface area (Å²) >= 11 is 0. The maximum atomic E-state index is 5.70. The highest BCUT2D eigenvalue weighted by molar-refractivity contribution is 5.60. The first-order valence-electron chi connectivity index (χ1n) is 5.42. The van der Waals surface area contributed by atoms with Crippen molar-refractivity contribution in [2.75, 3.05) is 12.3 Å². The van der Waals surface area contributed by atoms with Crippen molar-refractivity contribution in [1.82, 2.24) is 0 Å². The fourth-order valence-corrected chi connectivity index (χ4v) is 1.38. The third-order valence-electron chi connectivity index (χ3n) is 2.26. The second kappa shape index (κ2) is 6.12. The van der Waals surface area contributed by atoms with Gasteiger partial charge in [0, 0.05) is 17.3 Å². The largest absolute Gasteiger partial charge is 0.493 e. The molecule has 0 unspecified atom stereocenters. The molecule has 0 radical (unpaired) electrons. The third kappa shape index (κ3) is 3.66. The molecule has 0 spiro atoms. The zero-order chi connectivity index (χ0) is 11.1. The van der Waals surface area contributed by atoms with Gasteiger partial charge in [-0.2, -0.15) is 0 Å². The van der Waals surface area contributed by atoms with Gasteiger partial charge in [-0.1, -0.05) is 32.4 Å². The molecule has 15 heavy (non-hydrogen) atoms. The van der Waals surface area contributed by atoms with Crippen molar-refractivity contribution in [2.45, 2.75) is 26.2 Å². The van der Waals surface area contributed by atoms with E-state index in [1.807, 2.05) is 18.2 Å². The molecule has 2 heteroatoms. The number of ether oxygens (including phenoxy) is 1. The lowest BCUT2D eigenvalue weighted by molar-refractivity contribution is 0.306. The monoisotopic (exact) mass is 205 g/mol. The van der Waals surface area contributed by atoms with E-state index in [2.05, 4.69) is 13.5 Å². The lowest BCUT2D eigenvalue weighted by Gasteiger charge is -2.09. The predicted octanol–water partition coefficient (Wildman–Crippen LogP) is 3.48. The van der Waals surface area contributed by atoms with Gasteiger partial charge in [-0.3, -0.25) is 0 Å². The maximum Gasteiger partial charge on any atom is 0.128 e. The molecule has 1 rings (SSSR count). The van der Waals surface area contributed by atoms with Gasteiger partial charge in [-0.05, 0) is 18.6 Å². The fourth-order valence-electron chi connectivity index (χ4n) is 1.38. The summed E-state index contributed by atoms with van der Waals surface area (Å²) in [7, 11) is 0. The highest BCUT2D eigenvalue weighted by Gasteiger charge is 2.00. The molecule has 0 saturated heterocycles. The van der Waals surface area contributed by atoms with E-state index in [4.69, 9.17) is 10.5 Å². The van der Waals surface area contributed by atoms with Crippen LogP contribution >= 0.6 is 0 Å². The van der Waals surface area contributed by atoms with E-state index >= 15 is 0 Å². The predicted molar refractivity (Wildman–Crippen MR) is 66.0 cm³/mol. The Morgan fingerprint density at radius 2 is 2.20 bits per heavy atom. The van der Waals surface area contributed by atoms with Crippen LogP contribution in [0.15, 0.2) is 24.8 Å². The third-order valence-corrected chi connectivity index (χ3v) is 2.26. The van der Waals surface area contributed by atoms with E-state index in [9.17, 15) is 0 Å². The molecule has 2 nitrogen and oxygen atoms in total. The molecule has 1 aromatic carbocycles. The van der Waals surface area contributed by atoms with Gasteiger partial charge in [0.15, 0.2) is 0 Å². The Morgan fingerprint density at radius 1 is 1.40 bits per heavy atom. The van der Waals surface area contributed by atoms with Crippen LogP contribution in [0.5, 0.6) is 5.75 Å². The minimum atomic E-state index is 0.728. The summed E-state index contributed by atoms with van der Waals surface area (Å²) in [5.74, 6) is 0.834.